The molecule has 1 aromatic heterocycles. The lowest BCUT2D eigenvalue weighted by molar-refractivity contribution is 0.0594. The van der Waals surface area contributed by atoms with Gasteiger partial charge in [0.1, 0.15) is 11.1 Å². The molecule has 2 rings (SSSR count). The molecule has 0 saturated heterocycles. The van der Waals surface area contributed by atoms with Crippen molar-refractivity contribution in [3.8, 4) is 5.75 Å². The number of allylic oxidation sites excluding steroid dienone is 1. The first kappa shape index (κ1) is 12.3. The van der Waals surface area contributed by atoms with Crippen molar-refractivity contribution in [1.82, 2.24) is 4.57 Å². The minimum atomic E-state index is -0.918. The Bertz CT molecular complexity index is 806. The monoisotopic (exact) mass is 265 g/mol. The number of halogens is 1. The molecular formula is C12H8ClNO4. The van der Waals surface area contributed by atoms with Gasteiger partial charge >= 0.3 is 5.97 Å². The van der Waals surface area contributed by atoms with E-state index in [-0.39, 0.29) is 15.6 Å². The smallest absolute Gasteiger partial charge is 0.347 e. The number of pyridine rings is 1. The molecule has 0 bridgehead atoms. The molecule has 0 aliphatic heterocycles. The number of aromatic nitrogens is 1. The lowest BCUT2D eigenvalue weighted by atomic mass is 10.1. The summed E-state index contributed by atoms with van der Waals surface area (Å²) in [5.74, 6) is -1.42. The number of rotatable bonds is 1. The number of hydrogen-bond donors (Lipinski definition) is 1. The fourth-order valence-electron chi connectivity index (χ4n) is 1.67. The number of aromatic hydroxyl groups is 1. The molecule has 92 valence electrons. The van der Waals surface area contributed by atoms with E-state index in [9.17, 15) is 14.7 Å². The summed E-state index contributed by atoms with van der Waals surface area (Å²) in [6, 6.07) is 0. The van der Waals surface area contributed by atoms with E-state index in [1.165, 1.54) is 13.1 Å². The Labute approximate surface area is 106 Å². The minimum absolute atomic E-state index is 0.165. The van der Waals surface area contributed by atoms with Gasteiger partial charge in [0.15, 0.2) is 5.56 Å². The number of fused-ring (bicyclic) bond motifs is 1. The topological polar surface area (TPSA) is 68.5 Å². The zero-order chi connectivity index (χ0) is 13.4. The highest BCUT2D eigenvalue weighted by Gasteiger charge is 2.21. The van der Waals surface area contributed by atoms with Gasteiger partial charge in [-0.2, -0.15) is 0 Å². The summed E-state index contributed by atoms with van der Waals surface area (Å²) in [4.78, 5) is 23.4. The van der Waals surface area contributed by atoms with Gasteiger partial charge < -0.3 is 14.4 Å². The van der Waals surface area contributed by atoms with Gasteiger partial charge in [-0.25, -0.2) is 4.79 Å². The van der Waals surface area contributed by atoms with Gasteiger partial charge in [0.25, 0.3) is 5.56 Å². The third-order valence-corrected chi connectivity index (χ3v) is 2.88. The molecule has 1 N–H and O–H groups in total. The van der Waals surface area contributed by atoms with Crippen LogP contribution in [0.1, 0.15) is 10.4 Å². The molecule has 5 nitrogen and oxygen atoms in total. The van der Waals surface area contributed by atoms with Gasteiger partial charge in [0.05, 0.1) is 17.4 Å². The molecule has 0 unspecified atom stereocenters. The van der Waals surface area contributed by atoms with Crippen LogP contribution < -0.4 is 16.1 Å². The van der Waals surface area contributed by atoms with Gasteiger partial charge in [-0.05, 0) is 5.73 Å². The highest BCUT2D eigenvalue weighted by Crippen LogP contribution is 2.10. The van der Waals surface area contributed by atoms with E-state index in [2.05, 4.69) is 16.2 Å². The summed E-state index contributed by atoms with van der Waals surface area (Å²) in [6.07, 6.45) is 1.38. The molecule has 0 atom stereocenters. The Kier molecular flexibility index (Phi) is 2.89. The predicted molar refractivity (Wildman–Crippen MR) is 64.7 cm³/mol. The van der Waals surface area contributed by atoms with Crippen LogP contribution in [0.25, 0.3) is 10.8 Å². The van der Waals surface area contributed by atoms with Crippen LogP contribution in [0.4, 0.5) is 0 Å². The zero-order valence-electron chi connectivity index (χ0n) is 9.57. The minimum Gasteiger partial charge on any atom is -0.506 e. The Morgan fingerprint density at radius 2 is 2.22 bits per heavy atom. The van der Waals surface area contributed by atoms with Gasteiger partial charge in [-0.15, -0.1) is 0 Å². The van der Waals surface area contributed by atoms with Crippen molar-refractivity contribution in [2.24, 2.45) is 7.05 Å². The quantitative estimate of drug-likeness (QED) is 0.540. The summed E-state index contributed by atoms with van der Waals surface area (Å²) in [5, 5.41) is 10.6. The first-order chi connectivity index (χ1) is 8.49. The molecule has 1 aliphatic rings. The van der Waals surface area contributed by atoms with Crippen LogP contribution in [-0.2, 0) is 11.8 Å². The fraction of sp³-hybridized carbons (Fsp3) is 0.167. The van der Waals surface area contributed by atoms with Crippen LogP contribution in [0.5, 0.6) is 5.75 Å². The maximum absolute atomic E-state index is 11.9. The lowest BCUT2D eigenvalue weighted by Gasteiger charge is -2.08. The molecule has 0 fully saturated rings. The highest BCUT2D eigenvalue weighted by molar-refractivity contribution is 6.47. The van der Waals surface area contributed by atoms with Crippen molar-refractivity contribution in [2.75, 3.05) is 7.11 Å². The van der Waals surface area contributed by atoms with Gasteiger partial charge in [-0.3, -0.25) is 4.79 Å². The Hall–Kier alpha value is -2.19. The van der Waals surface area contributed by atoms with Crippen molar-refractivity contribution in [3.05, 3.63) is 38.3 Å². The molecule has 0 amide bonds. The molecule has 18 heavy (non-hydrogen) atoms. The zero-order valence-corrected chi connectivity index (χ0v) is 10.3. The second kappa shape index (κ2) is 4.24. The van der Waals surface area contributed by atoms with Crippen LogP contribution in [0.15, 0.2) is 16.6 Å². The van der Waals surface area contributed by atoms with E-state index in [1.54, 1.807) is 0 Å². The maximum atomic E-state index is 11.9. The lowest BCUT2D eigenvalue weighted by Crippen LogP contribution is -2.45. The summed E-state index contributed by atoms with van der Waals surface area (Å²) >= 11 is 5.93. The second-order valence-electron chi connectivity index (χ2n) is 3.56. The van der Waals surface area contributed by atoms with Crippen molar-refractivity contribution >= 4 is 28.3 Å². The van der Waals surface area contributed by atoms with Crippen LogP contribution in [0, 0.1) is 0 Å². The second-order valence-corrected chi connectivity index (χ2v) is 3.97. The number of methoxy groups -OCH3 is 1. The number of carbonyl (C=O) groups is 1. The predicted octanol–water partition coefficient (Wildman–Crippen LogP) is -0.671. The third kappa shape index (κ3) is 1.59. The number of esters is 1. The van der Waals surface area contributed by atoms with E-state index in [1.807, 2.05) is 0 Å². The normalized spacial score (nSPS) is 12.1. The number of hydrogen-bond acceptors (Lipinski definition) is 4. The first-order valence-corrected chi connectivity index (χ1v) is 5.28. The van der Waals surface area contributed by atoms with E-state index in [0.29, 0.717) is 0 Å². The van der Waals surface area contributed by atoms with Crippen LogP contribution in [0.3, 0.4) is 0 Å². The van der Waals surface area contributed by atoms with E-state index in [0.717, 1.165) is 11.7 Å². The van der Waals surface area contributed by atoms with Crippen molar-refractivity contribution < 1.29 is 14.6 Å². The molecule has 1 aromatic rings. The summed E-state index contributed by atoms with van der Waals surface area (Å²) in [7, 11) is 2.56. The van der Waals surface area contributed by atoms with Gasteiger partial charge in [0, 0.05) is 13.1 Å². The third-order valence-electron chi connectivity index (χ3n) is 2.58. The largest absolute Gasteiger partial charge is 0.506 e. The summed E-state index contributed by atoms with van der Waals surface area (Å²) in [5.41, 5.74) is 4.15. The van der Waals surface area contributed by atoms with E-state index >= 15 is 0 Å². The van der Waals surface area contributed by atoms with E-state index < -0.39 is 22.8 Å². The highest BCUT2D eigenvalue weighted by atomic mass is 35.5. The standard InChI is InChI=1S/C12H8ClNO4/c1-14-7-5-3-4-6(13)8(7)10(15)9(11(14)16)12(17)18-2/h4,15H,1-2H3. The van der Waals surface area contributed by atoms with Crippen molar-refractivity contribution in [2.45, 2.75) is 0 Å². The summed E-state index contributed by atoms with van der Waals surface area (Å²) in [6.45, 7) is 0. The van der Waals surface area contributed by atoms with Crippen LogP contribution in [0.2, 0.25) is 0 Å². The van der Waals surface area contributed by atoms with Crippen molar-refractivity contribution in [1.29, 1.82) is 0 Å². The van der Waals surface area contributed by atoms with Crippen molar-refractivity contribution in [3.63, 3.8) is 0 Å². The molecule has 6 heteroatoms. The average Bonchev–Trinajstić information content (AvgIpc) is 2.35. The Morgan fingerprint density at radius 3 is 2.83 bits per heavy atom. The van der Waals surface area contributed by atoms with Crippen LogP contribution >= 0.6 is 11.6 Å². The Morgan fingerprint density at radius 1 is 1.56 bits per heavy atom. The molecule has 0 aromatic carbocycles. The molecule has 0 radical (unpaired) electrons. The molecule has 0 spiro atoms. The molecule has 1 aliphatic carbocycles. The summed E-state index contributed by atoms with van der Waals surface area (Å²) < 4.78 is 5.62. The number of nitrogens with zero attached hydrogens (tertiary/aromatic N) is 1. The maximum Gasteiger partial charge on any atom is 0.347 e. The number of carbonyl (C=O) groups excluding carboxylic acids is 1. The van der Waals surface area contributed by atoms with Crippen LogP contribution in [-0.4, -0.2) is 22.8 Å². The molecule has 0 saturated carbocycles. The first-order valence-electron chi connectivity index (χ1n) is 4.90. The van der Waals surface area contributed by atoms with Gasteiger partial charge in [0.2, 0.25) is 0 Å². The average molecular weight is 266 g/mol. The molecule has 1 heterocycles. The molecular weight excluding hydrogens is 258 g/mol. The van der Waals surface area contributed by atoms with E-state index in [4.69, 9.17) is 11.6 Å². The van der Waals surface area contributed by atoms with Gasteiger partial charge in [-0.1, -0.05) is 17.3 Å². The fourth-order valence-corrected chi connectivity index (χ4v) is 1.91. The Balaban J connectivity index is 3.14. The SMILES string of the molecule is COC(=O)c1c(O)c2c(n(C)c1=O)=C=C=CC=2Cl. The number of ether oxygens (including phenoxy) is 1.